The summed E-state index contributed by atoms with van der Waals surface area (Å²) in [5.74, 6) is 0.778. The first-order valence-electron chi connectivity index (χ1n) is 9.56. The van der Waals surface area contributed by atoms with Gasteiger partial charge in [0.2, 0.25) is 5.91 Å². The van der Waals surface area contributed by atoms with Gasteiger partial charge in [0.25, 0.3) is 0 Å². The van der Waals surface area contributed by atoms with Gasteiger partial charge in [-0.1, -0.05) is 55.5 Å². The van der Waals surface area contributed by atoms with Crippen LogP contribution in [0.15, 0.2) is 48.5 Å². The fourth-order valence-corrected chi connectivity index (χ4v) is 3.18. The molecule has 0 saturated carbocycles. The largest absolute Gasteiger partial charge is 0.334 e. The van der Waals surface area contributed by atoms with Crippen LogP contribution in [0, 0.1) is 0 Å². The number of hydrogen-bond acceptors (Lipinski definition) is 5. The van der Waals surface area contributed by atoms with Crippen LogP contribution in [-0.4, -0.2) is 44.0 Å². The zero-order chi connectivity index (χ0) is 19.9. The van der Waals surface area contributed by atoms with Gasteiger partial charge in [0.15, 0.2) is 5.82 Å². The lowest BCUT2D eigenvalue weighted by Gasteiger charge is -2.28. The maximum atomic E-state index is 12.5. The number of rotatable bonds is 8. The number of aromatic nitrogens is 4. The highest BCUT2D eigenvalue weighted by atomic mass is 16.2. The van der Waals surface area contributed by atoms with Crippen LogP contribution in [0.25, 0.3) is 22.5 Å². The maximum Gasteiger partial charge on any atom is 0.223 e. The molecule has 0 spiro atoms. The van der Waals surface area contributed by atoms with Crippen LogP contribution in [0.4, 0.5) is 0 Å². The van der Waals surface area contributed by atoms with Gasteiger partial charge in [-0.05, 0) is 40.5 Å². The van der Waals surface area contributed by atoms with Gasteiger partial charge in [-0.2, -0.15) is 0 Å². The number of carbonyl (C=O) groups is 1. The Labute approximate surface area is 164 Å². The summed E-state index contributed by atoms with van der Waals surface area (Å²) in [5.41, 5.74) is 9.94. The second kappa shape index (κ2) is 9.23. The van der Waals surface area contributed by atoms with Crippen molar-refractivity contribution in [3.05, 3.63) is 54.1 Å². The third-order valence-corrected chi connectivity index (χ3v) is 4.80. The first-order chi connectivity index (χ1) is 13.6. The molecule has 0 bridgehead atoms. The molecular weight excluding hydrogens is 352 g/mol. The molecule has 28 heavy (non-hydrogen) atoms. The molecule has 0 aliphatic rings. The van der Waals surface area contributed by atoms with Gasteiger partial charge in [0.05, 0.1) is 0 Å². The van der Waals surface area contributed by atoms with Gasteiger partial charge in [0.1, 0.15) is 0 Å². The topological polar surface area (TPSA) is 101 Å². The number of hydrogen-bond donors (Lipinski definition) is 2. The molecule has 1 amide bonds. The average Bonchev–Trinajstić information content (AvgIpc) is 3.27. The Hall–Kier alpha value is -3.06. The van der Waals surface area contributed by atoms with Gasteiger partial charge >= 0.3 is 0 Å². The van der Waals surface area contributed by atoms with E-state index in [-0.39, 0.29) is 11.9 Å². The minimum Gasteiger partial charge on any atom is -0.334 e. The maximum absolute atomic E-state index is 12.5. The highest BCUT2D eigenvalue weighted by molar-refractivity contribution is 5.80. The van der Waals surface area contributed by atoms with E-state index in [9.17, 15) is 4.79 Å². The molecular formula is C21H26N6O. The molecule has 1 atom stereocenters. The number of H-pyrrole nitrogens is 1. The lowest BCUT2D eigenvalue weighted by atomic mass is 9.98. The van der Waals surface area contributed by atoms with Crippen LogP contribution < -0.4 is 5.73 Å². The van der Waals surface area contributed by atoms with Crippen molar-refractivity contribution in [1.29, 1.82) is 0 Å². The fourth-order valence-electron chi connectivity index (χ4n) is 3.18. The summed E-state index contributed by atoms with van der Waals surface area (Å²) in [7, 11) is 0. The number of nitrogens with one attached hydrogen (secondary N) is 1. The predicted molar refractivity (Wildman–Crippen MR) is 109 cm³/mol. The lowest BCUT2D eigenvalue weighted by Crippen LogP contribution is -2.42. The Morgan fingerprint density at radius 3 is 2.46 bits per heavy atom. The standard InChI is InChI=1S/C21H26N6O/c1-3-6-20(28)27(15(2)13-22)14-16-9-11-17(12-10-16)18-7-4-5-8-19(18)21-23-25-26-24-21/h4-5,7-12,15H,3,6,13-14,22H2,1-2H3,(H,23,24,25,26)/t15-/m0/s1. The number of tetrazole rings is 1. The summed E-state index contributed by atoms with van der Waals surface area (Å²) in [6, 6.07) is 16.2. The summed E-state index contributed by atoms with van der Waals surface area (Å²) in [6.07, 6.45) is 1.37. The van der Waals surface area contributed by atoms with E-state index in [1.165, 1.54) is 0 Å². The van der Waals surface area contributed by atoms with Crippen molar-refractivity contribution in [2.75, 3.05) is 6.54 Å². The van der Waals surface area contributed by atoms with Crippen LogP contribution in [-0.2, 0) is 11.3 Å². The van der Waals surface area contributed by atoms with Crippen LogP contribution in [0.1, 0.15) is 32.3 Å². The molecule has 7 nitrogen and oxygen atoms in total. The normalized spacial score (nSPS) is 12.0. The molecule has 0 radical (unpaired) electrons. The number of aromatic amines is 1. The van der Waals surface area contributed by atoms with E-state index >= 15 is 0 Å². The fraction of sp³-hybridized carbons (Fsp3) is 0.333. The van der Waals surface area contributed by atoms with Crippen molar-refractivity contribution < 1.29 is 4.79 Å². The quantitative estimate of drug-likeness (QED) is 0.627. The van der Waals surface area contributed by atoms with Crippen LogP contribution >= 0.6 is 0 Å². The molecule has 3 rings (SSSR count). The third-order valence-electron chi connectivity index (χ3n) is 4.80. The minimum absolute atomic E-state index is 0.0124. The number of benzene rings is 2. The minimum atomic E-state index is 0.0124. The molecule has 146 valence electrons. The Morgan fingerprint density at radius 2 is 1.86 bits per heavy atom. The van der Waals surface area contributed by atoms with Gasteiger partial charge < -0.3 is 10.6 Å². The molecule has 0 unspecified atom stereocenters. The zero-order valence-electron chi connectivity index (χ0n) is 16.3. The Bertz CT molecular complexity index is 892. The SMILES string of the molecule is CCCC(=O)N(Cc1ccc(-c2ccccc2-c2nnn[nH]2)cc1)[C@@H](C)CN. The number of carbonyl (C=O) groups excluding carboxylic acids is 1. The summed E-state index contributed by atoms with van der Waals surface area (Å²) in [6.45, 7) is 5.01. The first kappa shape index (κ1) is 19.7. The first-order valence-corrected chi connectivity index (χ1v) is 9.56. The molecule has 7 heteroatoms. The van der Waals surface area contributed by atoms with Gasteiger partial charge in [-0.25, -0.2) is 5.10 Å². The zero-order valence-corrected chi connectivity index (χ0v) is 16.3. The van der Waals surface area contributed by atoms with Gasteiger partial charge in [-0.3, -0.25) is 4.79 Å². The summed E-state index contributed by atoms with van der Waals surface area (Å²) in [4.78, 5) is 14.3. The average molecular weight is 378 g/mol. The molecule has 1 heterocycles. The summed E-state index contributed by atoms with van der Waals surface area (Å²) < 4.78 is 0. The molecule has 0 saturated heterocycles. The molecule has 0 fully saturated rings. The van der Waals surface area contributed by atoms with Crippen molar-refractivity contribution in [2.45, 2.75) is 39.3 Å². The van der Waals surface area contributed by atoms with Crippen molar-refractivity contribution in [3.8, 4) is 22.5 Å². The second-order valence-electron chi connectivity index (χ2n) is 6.85. The van der Waals surface area contributed by atoms with E-state index in [4.69, 9.17) is 5.73 Å². The number of amides is 1. The van der Waals surface area contributed by atoms with Crippen LogP contribution in [0.3, 0.4) is 0 Å². The van der Waals surface area contributed by atoms with E-state index < -0.39 is 0 Å². The Balaban J connectivity index is 1.83. The van der Waals surface area contributed by atoms with Crippen LogP contribution in [0.2, 0.25) is 0 Å². The van der Waals surface area contributed by atoms with E-state index in [1.54, 1.807) is 0 Å². The summed E-state index contributed by atoms with van der Waals surface area (Å²) in [5, 5.41) is 14.2. The number of nitrogens with zero attached hydrogens (tertiary/aromatic N) is 4. The van der Waals surface area contributed by atoms with Crippen molar-refractivity contribution in [2.24, 2.45) is 5.73 Å². The van der Waals surface area contributed by atoms with Gasteiger partial charge in [0, 0.05) is 31.1 Å². The third kappa shape index (κ3) is 4.43. The van der Waals surface area contributed by atoms with E-state index in [0.717, 1.165) is 28.7 Å². The Morgan fingerprint density at radius 1 is 1.14 bits per heavy atom. The van der Waals surface area contributed by atoms with E-state index in [1.807, 2.05) is 43.0 Å². The van der Waals surface area contributed by atoms with E-state index in [2.05, 4.69) is 44.9 Å². The number of nitrogens with two attached hydrogens (primary N) is 1. The molecule has 1 aromatic heterocycles. The molecule has 3 N–H and O–H groups in total. The molecule has 2 aromatic carbocycles. The van der Waals surface area contributed by atoms with E-state index in [0.29, 0.717) is 25.3 Å². The molecule has 0 aliphatic carbocycles. The van der Waals surface area contributed by atoms with Crippen molar-refractivity contribution >= 4 is 5.91 Å². The Kier molecular flexibility index (Phi) is 6.49. The van der Waals surface area contributed by atoms with Crippen molar-refractivity contribution in [3.63, 3.8) is 0 Å². The van der Waals surface area contributed by atoms with Gasteiger partial charge in [-0.15, -0.1) is 5.10 Å². The molecule has 0 aliphatic heterocycles. The highest BCUT2D eigenvalue weighted by Crippen LogP contribution is 2.29. The van der Waals surface area contributed by atoms with Crippen molar-refractivity contribution in [1.82, 2.24) is 25.5 Å². The van der Waals surface area contributed by atoms with Crippen LogP contribution in [0.5, 0.6) is 0 Å². The highest BCUT2D eigenvalue weighted by Gasteiger charge is 2.18. The second-order valence-corrected chi connectivity index (χ2v) is 6.85. The molecule has 3 aromatic rings. The monoisotopic (exact) mass is 378 g/mol. The predicted octanol–water partition coefficient (Wildman–Crippen LogP) is 3.01. The lowest BCUT2D eigenvalue weighted by molar-refractivity contribution is -0.133. The summed E-state index contributed by atoms with van der Waals surface area (Å²) >= 11 is 0. The smallest absolute Gasteiger partial charge is 0.223 e.